The second-order valence-corrected chi connectivity index (χ2v) is 4.72. The number of anilines is 1. The summed E-state index contributed by atoms with van der Waals surface area (Å²) >= 11 is 1.36. The van der Waals surface area contributed by atoms with Gasteiger partial charge < -0.3 is 14.8 Å². The molecule has 0 aliphatic rings. The highest BCUT2D eigenvalue weighted by Crippen LogP contribution is 2.23. The highest BCUT2D eigenvalue weighted by atomic mass is 32.1. The van der Waals surface area contributed by atoms with Crippen molar-refractivity contribution in [3.05, 3.63) is 35.3 Å². The van der Waals surface area contributed by atoms with Crippen molar-refractivity contribution < 1.29 is 14.3 Å². The Labute approximate surface area is 120 Å². The van der Waals surface area contributed by atoms with E-state index < -0.39 is 0 Å². The van der Waals surface area contributed by atoms with Crippen LogP contribution in [-0.2, 0) is 6.54 Å². The monoisotopic (exact) mass is 293 g/mol. The predicted molar refractivity (Wildman–Crippen MR) is 77.5 cm³/mol. The van der Waals surface area contributed by atoms with Gasteiger partial charge in [0.2, 0.25) is 0 Å². The van der Waals surface area contributed by atoms with Crippen LogP contribution in [0.1, 0.15) is 5.56 Å². The van der Waals surface area contributed by atoms with Gasteiger partial charge in [-0.1, -0.05) is 0 Å². The lowest BCUT2D eigenvalue weighted by Gasteiger charge is -2.11. The summed E-state index contributed by atoms with van der Waals surface area (Å²) < 4.78 is 10.4. The molecule has 20 heavy (non-hydrogen) atoms. The van der Waals surface area contributed by atoms with E-state index in [-0.39, 0.29) is 6.03 Å². The molecule has 1 aromatic carbocycles. The number of rotatable bonds is 5. The van der Waals surface area contributed by atoms with Gasteiger partial charge >= 0.3 is 6.03 Å². The van der Waals surface area contributed by atoms with Crippen LogP contribution in [0, 0.1) is 0 Å². The Morgan fingerprint density at radius 1 is 1.35 bits per heavy atom. The molecule has 1 heterocycles. The molecule has 0 aliphatic heterocycles. The van der Waals surface area contributed by atoms with Crippen LogP contribution in [0.2, 0.25) is 0 Å². The lowest BCUT2D eigenvalue weighted by Crippen LogP contribution is -2.28. The Hall–Kier alpha value is -2.28. The van der Waals surface area contributed by atoms with Gasteiger partial charge in [-0.25, -0.2) is 9.78 Å². The predicted octanol–water partition coefficient (Wildman–Crippen LogP) is 2.48. The Kier molecular flexibility index (Phi) is 4.78. The van der Waals surface area contributed by atoms with E-state index >= 15 is 0 Å². The van der Waals surface area contributed by atoms with Crippen molar-refractivity contribution in [2.75, 3.05) is 19.5 Å². The molecule has 1 aromatic heterocycles. The molecule has 0 spiro atoms. The van der Waals surface area contributed by atoms with Crippen LogP contribution in [-0.4, -0.2) is 25.2 Å². The van der Waals surface area contributed by atoms with Crippen LogP contribution >= 0.6 is 11.3 Å². The first-order chi connectivity index (χ1) is 9.72. The first-order valence-corrected chi connectivity index (χ1v) is 6.76. The minimum absolute atomic E-state index is 0.315. The largest absolute Gasteiger partial charge is 0.497 e. The molecule has 2 aromatic rings. The highest BCUT2D eigenvalue weighted by molar-refractivity contribution is 7.13. The number of hydrogen-bond acceptors (Lipinski definition) is 5. The maximum Gasteiger partial charge on any atom is 0.321 e. The number of hydrogen-bond donors (Lipinski definition) is 2. The molecule has 0 saturated heterocycles. The Morgan fingerprint density at radius 2 is 2.20 bits per heavy atom. The van der Waals surface area contributed by atoms with Crippen LogP contribution in [0.25, 0.3) is 0 Å². The zero-order valence-corrected chi connectivity index (χ0v) is 12.0. The van der Waals surface area contributed by atoms with E-state index in [2.05, 4.69) is 15.6 Å². The minimum atomic E-state index is -0.315. The summed E-state index contributed by atoms with van der Waals surface area (Å²) in [4.78, 5) is 15.7. The number of carbonyl (C=O) groups excluding carboxylic acids is 1. The Balaban J connectivity index is 1.97. The van der Waals surface area contributed by atoms with Gasteiger partial charge in [-0.05, 0) is 18.2 Å². The zero-order valence-electron chi connectivity index (χ0n) is 11.2. The van der Waals surface area contributed by atoms with Crippen molar-refractivity contribution in [2.45, 2.75) is 6.54 Å². The van der Waals surface area contributed by atoms with Crippen molar-refractivity contribution in [1.82, 2.24) is 10.3 Å². The first kappa shape index (κ1) is 14.1. The molecule has 106 valence electrons. The fourth-order valence-corrected chi connectivity index (χ4v) is 2.15. The standard InChI is InChI=1S/C13H15N3O3S/c1-18-10-3-4-11(19-2)9(7-10)8-15-12(17)16-13-14-5-6-20-13/h3-7H,8H2,1-2H3,(H2,14,15,16,17). The Morgan fingerprint density at radius 3 is 2.85 bits per heavy atom. The van der Waals surface area contributed by atoms with E-state index in [1.54, 1.807) is 37.9 Å². The number of nitrogens with one attached hydrogen (secondary N) is 2. The van der Waals surface area contributed by atoms with Crippen molar-refractivity contribution >= 4 is 22.5 Å². The molecule has 7 heteroatoms. The van der Waals surface area contributed by atoms with E-state index in [0.29, 0.717) is 23.2 Å². The van der Waals surface area contributed by atoms with Gasteiger partial charge in [-0.2, -0.15) is 0 Å². The van der Waals surface area contributed by atoms with Gasteiger partial charge in [0.25, 0.3) is 0 Å². The van der Waals surface area contributed by atoms with Crippen LogP contribution in [0.3, 0.4) is 0 Å². The smallest absolute Gasteiger partial charge is 0.321 e. The average Bonchev–Trinajstić information content (AvgIpc) is 2.97. The van der Waals surface area contributed by atoms with Gasteiger partial charge in [-0.15, -0.1) is 11.3 Å². The quantitative estimate of drug-likeness (QED) is 0.888. The number of ether oxygens (including phenoxy) is 2. The molecule has 0 saturated carbocycles. The normalized spacial score (nSPS) is 9.90. The molecule has 2 amide bonds. The number of urea groups is 1. The molecule has 0 unspecified atom stereocenters. The summed E-state index contributed by atoms with van der Waals surface area (Å²) in [5, 5.41) is 7.74. The highest BCUT2D eigenvalue weighted by Gasteiger charge is 2.08. The van der Waals surface area contributed by atoms with Gasteiger partial charge in [0.1, 0.15) is 11.5 Å². The molecule has 0 fully saturated rings. The minimum Gasteiger partial charge on any atom is -0.497 e. The van der Waals surface area contributed by atoms with Gasteiger partial charge in [0, 0.05) is 23.7 Å². The van der Waals surface area contributed by atoms with E-state index in [1.807, 2.05) is 6.07 Å². The molecular formula is C13H15N3O3S. The topological polar surface area (TPSA) is 72.5 Å². The molecule has 2 rings (SSSR count). The summed E-state index contributed by atoms with van der Waals surface area (Å²) in [6.45, 7) is 0.331. The molecular weight excluding hydrogens is 278 g/mol. The van der Waals surface area contributed by atoms with Crippen LogP contribution in [0.4, 0.5) is 9.93 Å². The van der Waals surface area contributed by atoms with Crippen LogP contribution in [0.5, 0.6) is 11.5 Å². The summed E-state index contributed by atoms with van der Waals surface area (Å²) in [5.41, 5.74) is 0.834. The number of aromatic nitrogens is 1. The molecule has 0 aliphatic carbocycles. The first-order valence-electron chi connectivity index (χ1n) is 5.88. The summed E-state index contributed by atoms with van der Waals surface area (Å²) in [6.07, 6.45) is 1.63. The number of thiazole rings is 1. The van der Waals surface area contributed by atoms with Crippen molar-refractivity contribution in [3.63, 3.8) is 0 Å². The zero-order chi connectivity index (χ0) is 14.4. The summed E-state index contributed by atoms with van der Waals surface area (Å²) in [6, 6.07) is 5.11. The molecule has 0 radical (unpaired) electrons. The molecule has 2 N–H and O–H groups in total. The Bertz CT molecular complexity index is 572. The van der Waals surface area contributed by atoms with Crippen molar-refractivity contribution in [1.29, 1.82) is 0 Å². The molecule has 6 nitrogen and oxygen atoms in total. The fraction of sp³-hybridized carbons (Fsp3) is 0.231. The summed E-state index contributed by atoms with van der Waals surface area (Å²) in [5.74, 6) is 1.41. The number of methoxy groups -OCH3 is 2. The van der Waals surface area contributed by atoms with Crippen molar-refractivity contribution in [3.8, 4) is 11.5 Å². The van der Waals surface area contributed by atoms with E-state index in [9.17, 15) is 4.79 Å². The molecule has 0 bridgehead atoms. The van der Waals surface area contributed by atoms with Crippen molar-refractivity contribution in [2.24, 2.45) is 0 Å². The van der Waals surface area contributed by atoms with E-state index in [4.69, 9.17) is 9.47 Å². The fourth-order valence-electron chi connectivity index (χ4n) is 1.62. The summed E-state index contributed by atoms with van der Waals surface area (Å²) in [7, 11) is 3.18. The second kappa shape index (κ2) is 6.76. The maximum atomic E-state index is 11.7. The van der Waals surface area contributed by atoms with E-state index in [1.165, 1.54) is 11.3 Å². The molecule has 0 atom stereocenters. The third-order valence-electron chi connectivity index (χ3n) is 2.58. The van der Waals surface area contributed by atoms with Gasteiger partial charge in [0.15, 0.2) is 5.13 Å². The van der Waals surface area contributed by atoms with Gasteiger partial charge in [0.05, 0.1) is 14.2 Å². The third kappa shape index (κ3) is 3.61. The lowest BCUT2D eigenvalue weighted by atomic mass is 10.2. The average molecular weight is 293 g/mol. The maximum absolute atomic E-state index is 11.7. The van der Waals surface area contributed by atoms with Crippen LogP contribution < -0.4 is 20.1 Å². The number of carbonyl (C=O) groups is 1. The van der Waals surface area contributed by atoms with Gasteiger partial charge in [-0.3, -0.25) is 5.32 Å². The SMILES string of the molecule is COc1ccc(OC)c(CNC(=O)Nc2nccs2)c1. The third-order valence-corrected chi connectivity index (χ3v) is 3.27. The second-order valence-electron chi connectivity index (χ2n) is 3.82. The van der Waals surface area contributed by atoms with E-state index in [0.717, 1.165) is 5.56 Å². The van der Waals surface area contributed by atoms with Crippen LogP contribution in [0.15, 0.2) is 29.8 Å². The number of benzene rings is 1. The number of amides is 2. The number of nitrogens with zero attached hydrogens (tertiary/aromatic N) is 1. The lowest BCUT2D eigenvalue weighted by molar-refractivity contribution is 0.251.